The first-order valence-corrected chi connectivity index (χ1v) is 9.61. The molecule has 3 unspecified atom stereocenters. The molecule has 7 heteroatoms. The summed E-state index contributed by atoms with van der Waals surface area (Å²) in [7, 11) is 2.26. The van der Waals surface area contributed by atoms with E-state index in [0.717, 1.165) is 19.4 Å². The van der Waals surface area contributed by atoms with Crippen molar-refractivity contribution in [2.75, 3.05) is 13.6 Å². The van der Waals surface area contributed by atoms with Gasteiger partial charge >= 0.3 is 11.9 Å². The minimum absolute atomic E-state index is 0. The molecule has 0 radical (unpaired) electrons. The first-order valence-electron chi connectivity index (χ1n) is 9.61. The Morgan fingerprint density at radius 3 is 2.71 bits per heavy atom. The molecule has 5 rings (SSSR count). The molecule has 1 saturated heterocycles. The van der Waals surface area contributed by atoms with E-state index in [-0.39, 0.29) is 35.9 Å². The van der Waals surface area contributed by atoms with Crippen LogP contribution in [0.25, 0.3) is 0 Å². The maximum absolute atomic E-state index is 11.7. The summed E-state index contributed by atoms with van der Waals surface area (Å²) in [6.07, 6.45) is 5.44. The summed E-state index contributed by atoms with van der Waals surface area (Å²) < 4.78 is 17.5. The minimum atomic E-state index is -0.429. The first-order chi connectivity index (χ1) is 12.9. The topological polar surface area (TPSA) is 66.3 Å². The summed E-state index contributed by atoms with van der Waals surface area (Å²) in [5.41, 5.74) is 2.21. The molecular formula is C21H24ClNO5. The van der Waals surface area contributed by atoms with Crippen LogP contribution in [0.4, 0.5) is 0 Å². The van der Waals surface area contributed by atoms with Gasteiger partial charge in [-0.2, -0.15) is 0 Å². The second-order valence-corrected chi connectivity index (χ2v) is 8.24. The Labute approximate surface area is 170 Å². The normalized spacial score (nSPS) is 35.9. The number of esters is 2. The minimum Gasteiger partial charge on any atom is -1.00 e. The van der Waals surface area contributed by atoms with Crippen LogP contribution in [-0.2, 0) is 26.2 Å². The molecule has 2 bridgehead atoms. The van der Waals surface area contributed by atoms with Gasteiger partial charge < -0.3 is 31.5 Å². The number of likely N-dealkylation sites (tertiary alicyclic amines) is 1. The first kappa shape index (κ1) is 19.3. The molecule has 28 heavy (non-hydrogen) atoms. The molecule has 0 aromatic heterocycles. The van der Waals surface area contributed by atoms with Gasteiger partial charge in [0.2, 0.25) is 0 Å². The predicted molar refractivity (Wildman–Crippen MR) is 95.9 cm³/mol. The van der Waals surface area contributed by atoms with E-state index in [0.29, 0.717) is 23.5 Å². The van der Waals surface area contributed by atoms with Crippen molar-refractivity contribution in [3.63, 3.8) is 0 Å². The number of hydrogen-bond donors (Lipinski definition) is 1. The highest BCUT2D eigenvalue weighted by Gasteiger charge is 2.66. The van der Waals surface area contributed by atoms with Gasteiger partial charge in [-0.1, -0.05) is 12.1 Å². The molecule has 4 aliphatic rings. The number of piperidine rings is 1. The van der Waals surface area contributed by atoms with E-state index in [1.54, 1.807) is 0 Å². The van der Waals surface area contributed by atoms with Gasteiger partial charge in [0.05, 0.1) is 25.0 Å². The van der Waals surface area contributed by atoms with Gasteiger partial charge in [0.15, 0.2) is 23.7 Å². The predicted octanol–water partition coefficient (Wildman–Crippen LogP) is -2.42. The van der Waals surface area contributed by atoms with Gasteiger partial charge in [0.25, 0.3) is 0 Å². The average Bonchev–Trinajstić information content (AvgIpc) is 2.95. The van der Waals surface area contributed by atoms with Gasteiger partial charge in [-0.3, -0.25) is 9.59 Å². The quantitative estimate of drug-likeness (QED) is 0.337. The van der Waals surface area contributed by atoms with E-state index in [2.05, 4.69) is 19.2 Å². The summed E-state index contributed by atoms with van der Waals surface area (Å²) in [5.74, 6) is 0.774. The monoisotopic (exact) mass is 405 g/mol. The zero-order chi connectivity index (χ0) is 18.9. The van der Waals surface area contributed by atoms with Crippen LogP contribution in [0.1, 0.15) is 31.4 Å². The highest BCUT2D eigenvalue weighted by atomic mass is 35.5. The van der Waals surface area contributed by atoms with Crippen LogP contribution in [0, 0.1) is 5.92 Å². The summed E-state index contributed by atoms with van der Waals surface area (Å²) in [6, 6.07) is 4.38. The molecule has 6 nitrogen and oxygen atoms in total. The Kier molecular flexibility index (Phi) is 4.47. The molecule has 1 aromatic rings. The number of halogens is 1. The van der Waals surface area contributed by atoms with Crippen LogP contribution >= 0.6 is 0 Å². The van der Waals surface area contributed by atoms with Gasteiger partial charge in [0, 0.05) is 38.2 Å². The number of carbonyl (C=O) groups excluding carboxylic acids is 2. The standard InChI is InChI=1S/C21H23NO5.ClH/c1-11(23)25-16-6-4-13-10-15-14-5-7-17(26-12(2)24)20-21(14,8-9-22(15)3)18(13)19(16)27-20;/h4-7,14-15,17,20H,8-10H2,1-3H3;1H/t14-,15?,17-,20?,21-;/m0./s1. The van der Waals surface area contributed by atoms with Crippen LogP contribution in [0.3, 0.4) is 0 Å². The highest BCUT2D eigenvalue weighted by molar-refractivity contribution is 5.72. The number of quaternary nitrogens is 1. The van der Waals surface area contributed by atoms with Crippen molar-refractivity contribution in [3.8, 4) is 11.5 Å². The van der Waals surface area contributed by atoms with Crippen LogP contribution in [0.15, 0.2) is 24.3 Å². The fraction of sp³-hybridized carbons (Fsp3) is 0.524. The van der Waals surface area contributed by atoms with E-state index in [1.807, 2.05) is 12.1 Å². The van der Waals surface area contributed by atoms with E-state index < -0.39 is 6.10 Å². The van der Waals surface area contributed by atoms with Crippen molar-refractivity contribution >= 4 is 11.9 Å². The van der Waals surface area contributed by atoms with E-state index in [4.69, 9.17) is 14.2 Å². The largest absolute Gasteiger partial charge is 1.00 e. The lowest BCUT2D eigenvalue weighted by atomic mass is 9.53. The maximum atomic E-state index is 11.7. The third-order valence-corrected chi connectivity index (χ3v) is 6.82. The average molecular weight is 406 g/mol. The van der Waals surface area contributed by atoms with Crippen molar-refractivity contribution < 1.29 is 41.1 Å². The Morgan fingerprint density at radius 2 is 2.00 bits per heavy atom. The Bertz CT molecular complexity index is 884. The van der Waals surface area contributed by atoms with Crippen LogP contribution in [0.2, 0.25) is 0 Å². The number of carbonyl (C=O) groups is 2. The lowest BCUT2D eigenvalue weighted by Gasteiger charge is -2.54. The number of ether oxygens (including phenoxy) is 3. The SMILES string of the molecule is CC(=O)Oc1ccc2c3c1OC1[C@@H](OC(C)=O)C=C[C@H]4C(C2)[NH+](C)CC[C@]314.[Cl-]. The van der Waals surface area contributed by atoms with Crippen LogP contribution in [-0.4, -0.2) is 43.8 Å². The van der Waals surface area contributed by atoms with E-state index in [1.165, 1.54) is 29.9 Å². The molecule has 2 aliphatic carbocycles. The Morgan fingerprint density at radius 1 is 1.21 bits per heavy atom. The van der Waals surface area contributed by atoms with Gasteiger partial charge in [0.1, 0.15) is 0 Å². The zero-order valence-corrected chi connectivity index (χ0v) is 16.9. The van der Waals surface area contributed by atoms with Crippen molar-refractivity contribution in [3.05, 3.63) is 35.4 Å². The lowest BCUT2D eigenvalue weighted by Crippen LogP contribution is -3.16. The number of hydrogen-bond acceptors (Lipinski definition) is 5. The second kappa shape index (κ2) is 6.49. The van der Waals surface area contributed by atoms with Crippen molar-refractivity contribution in [1.82, 2.24) is 0 Å². The number of nitrogens with one attached hydrogen (secondary N) is 1. The van der Waals surface area contributed by atoms with Crippen molar-refractivity contribution in [2.45, 2.75) is 50.4 Å². The third-order valence-electron chi connectivity index (χ3n) is 6.82. The highest BCUT2D eigenvalue weighted by Crippen LogP contribution is 2.61. The molecule has 150 valence electrons. The van der Waals surface area contributed by atoms with Gasteiger partial charge in [-0.25, -0.2) is 0 Å². The van der Waals surface area contributed by atoms with Crippen LogP contribution in [0.5, 0.6) is 11.5 Å². The molecule has 1 aromatic carbocycles. The lowest BCUT2D eigenvalue weighted by molar-refractivity contribution is -0.917. The third kappa shape index (κ3) is 2.44. The van der Waals surface area contributed by atoms with Crippen molar-refractivity contribution in [2.24, 2.45) is 5.92 Å². The molecule has 1 N–H and O–H groups in total. The number of benzene rings is 1. The fourth-order valence-electron chi connectivity index (χ4n) is 5.88. The molecule has 2 aliphatic heterocycles. The van der Waals surface area contributed by atoms with Crippen molar-refractivity contribution in [1.29, 1.82) is 0 Å². The Balaban J connectivity index is 0.00000192. The molecule has 0 saturated carbocycles. The summed E-state index contributed by atoms with van der Waals surface area (Å²) in [4.78, 5) is 24.8. The second-order valence-electron chi connectivity index (χ2n) is 8.24. The molecular weight excluding hydrogens is 382 g/mol. The number of likely N-dealkylation sites (N-methyl/N-ethyl adjacent to an activating group) is 1. The fourth-order valence-corrected chi connectivity index (χ4v) is 5.88. The van der Waals surface area contributed by atoms with E-state index in [9.17, 15) is 9.59 Å². The Hall–Kier alpha value is -2.05. The molecule has 1 spiro atoms. The molecule has 0 amide bonds. The maximum Gasteiger partial charge on any atom is 0.308 e. The molecule has 1 fully saturated rings. The summed E-state index contributed by atoms with van der Waals surface area (Å²) in [6.45, 7) is 3.86. The van der Waals surface area contributed by atoms with Gasteiger partial charge in [-0.05, 0) is 17.7 Å². The van der Waals surface area contributed by atoms with Gasteiger partial charge in [-0.15, -0.1) is 0 Å². The summed E-state index contributed by atoms with van der Waals surface area (Å²) in [5, 5.41) is 0. The zero-order valence-electron chi connectivity index (χ0n) is 16.2. The summed E-state index contributed by atoms with van der Waals surface area (Å²) >= 11 is 0. The van der Waals surface area contributed by atoms with E-state index >= 15 is 0 Å². The van der Waals surface area contributed by atoms with Crippen LogP contribution < -0.4 is 26.8 Å². The molecule has 2 heterocycles. The number of rotatable bonds is 2. The smallest absolute Gasteiger partial charge is 0.308 e. The molecule has 6 atom stereocenters.